The van der Waals surface area contributed by atoms with E-state index in [0.29, 0.717) is 32.1 Å². The highest BCUT2D eigenvalue weighted by Crippen LogP contribution is 2.54. The normalized spacial score (nSPS) is 19.6. The molecule has 1 fully saturated rings. The molecule has 1 aromatic heterocycles. The second-order valence-corrected chi connectivity index (χ2v) is 13.0. The van der Waals surface area contributed by atoms with Gasteiger partial charge in [0.2, 0.25) is 17.7 Å². The lowest BCUT2D eigenvalue weighted by Crippen LogP contribution is -2.33. The SMILES string of the molecule is COc1ccc(N2C(=O)[C@H]3[C@H](c4cccc(Br)c4)c4sc(=O)n(CC(=O)Nc5ccc(Cl)cc5)c4S[C@H]3C2=O)cc1. The molecule has 0 spiro atoms. The highest BCUT2D eigenvalue weighted by Gasteiger charge is 2.56. The number of amides is 3. The van der Waals surface area contributed by atoms with Gasteiger partial charge < -0.3 is 10.1 Å². The van der Waals surface area contributed by atoms with Gasteiger partial charge in [-0.05, 0) is 66.2 Å². The van der Waals surface area contributed by atoms with Crippen molar-refractivity contribution in [3.05, 3.63) is 102 Å². The predicted molar refractivity (Wildman–Crippen MR) is 163 cm³/mol. The van der Waals surface area contributed by atoms with Crippen molar-refractivity contribution in [2.24, 2.45) is 5.92 Å². The molecule has 3 aromatic carbocycles. The van der Waals surface area contributed by atoms with Crippen LogP contribution in [0.1, 0.15) is 16.4 Å². The summed E-state index contributed by atoms with van der Waals surface area (Å²) in [5.74, 6) is -1.77. The molecule has 3 atom stereocenters. The van der Waals surface area contributed by atoms with Crippen LogP contribution in [0.5, 0.6) is 5.75 Å². The first kappa shape index (κ1) is 27.8. The second-order valence-electron chi connectivity index (χ2n) is 9.49. The van der Waals surface area contributed by atoms with E-state index in [1.807, 2.05) is 24.3 Å². The van der Waals surface area contributed by atoms with Gasteiger partial charge in [-0.25, -0.2) is 4.90 Å². The van der Waals surface area contributed by atoms with Gasteiger partial charge in [0.15, 0.2) is 0 Å². The molecule has 0 unspecified atom stereocenters. The fourth-order valence-corrected chi connectivity index (χ4v) is 8.49. The number of nitrogens with one attached hydrogen (secondary N) is 1. The Morgan fingerprint density at radius 3 is 2.44 bits per heavy atom. The van der Waals surface area contributed by atoms with Crippen molar-refractivity contribution in [3.63, 3.8) is 0 Å². The van der Waals surface area contributed by atoms with Crippen LogP contribution in [-0.2, 0) is 20.9 Å². The summed E-state index contributed by atoms with van der Waals surface area (Å²) in [6.45, 7) is -0.243. The highest BCUT2D eigenvalue weighted by atomic mass is 79.9. The molecule has 41 heavy (non-hydrogen) atoms. The van der Waals surface area contributed by atoms with Crippen LogP contribution in [-0.4, -0.2) is 34.6 Å². The number of fused-ring (bicyclic) bond motifs is 2. The number of ether oxygens (including phenoxy) is 1. The number of thioether (sulfide) groups is 1. The number of hydrogen-bond acceptors (Lipinski definition) is 7. The van der Waals surface area contributed by atoms with Gasteiger partial charge in [0.1, 0.15) is 17.5 Å². The van der Waals surface area contributed by atoms with E-state index in [4.69, 9.17) is 16.3 Å². The number of imide groups is 1. The molecule has 0 bridgehead atoms. The molecule has 12 heteroatoms. The Hall–Kier alpha value is -3.38. The minimum absolute atomic E-state index is 0.243. The van der Waals surface area contributed by atoms with Gasteiger partial charge in [-0.1, -0.05) is 62.8 Å². The van der Waals surface area contributed by atoms with E-state index in [1.165, 1.54) is 21.2 Å². The number of nitrogens with zero attached hydrogens (tertiary/aromatic N) is 2. The Morgan fingerprint density at radius 2 is 1.76 bits per heavy atom. The average molecular weight is 671 g/mol. The molecular weight excluding hydrogens is 650 g/mol. The Morgan fingerprint density at radius 1 is 1.02 bits per heavy atom. The third-order valence-electron chi connectivity index (χ3n) is 7.02. The number of thiazole rings is 1. The second kappa shape index (κ2) is 11.1. The summed E-state index contributed by atoms with van der Waals surface area (Å²) in [6, 6.07) is 20.9. The Bertz CT molecular complexity index is 1740. The lowest BCUT2D eigenvalue weighted by Gasteiger charge is -2.30. The summed E-state index contributed by atoms with van der Waals surface area (Å²) in [5.41, 5.74) is 1.79. The zero-order chi connectivity index (χ0) is 28.8. The molecule has 0 radical (unpaired) electrons. The van der Waals surface area contributed by atoms with E-state index in [9.17, 15) is 19.2 Å². The molecule has 2 aliphatic heterocycles. The number of rotatable bonds is 6. The van der Waals surface area contributed by atoms with E-state index >= 15 is 0 Å². The molecule has 208 valence electrons. The van der Waals surface area contributed by atoms with Crippen LogP contribution < -0.4 is 19.8 Å². The maximum absolute atomic E-state index is 14.0. The monoisotopic (exact) mass is 669 g/mol. The predicted octanol–water partition coefficient (Wildman–Crippen LogP) is 5.77. The van der Waals surface area contributed by atoms with Crippen molar-refractivity contribution in [1.29, 1.82) is 0 Å². The van der Waals surface area contributed by atoms with Gasteiger partial charge in [0.25, 0.3) is 0 Å². The number of aromatic nitrogens is 1. The van der Waals surface area contributed by atoms with Crippen molar-refractivity contribution in [2.75, 3.05) is 17.3 Å². The van der Waals surface area contributed by atoms with Crippen LogP contribution in [0.25, 0.3) is 0 Å². The summed E-state index contributed by atoms with van der Waals surface area (Å²) >= 11 is 11.6. The quantitative estimate of drug-likeness (QED) is 0.262. The molecule has 0 saturated carbocycles. The number of anilines is 2. The van der Waals surface area contributed by atoms with Gasteiger partial charge >= 0.3 is 4.87 Å². The zero-order valence-corrected chi connectivity index (χ0v) is 25.4. The molecule has 1 N–H and O–H groups in total. The molecule has 4 aromatic rings. The van der Waals surface area contributed by atoms with Gasteiger partial charge in [0.05, 0.1) is 23.7 Å². The van der Waals surface area contributed by atoms with Gasteiger partial charge in [0, 0.05) is 26.0 Å². The first-order chi connectivity index (χ1) is 19.7. The summed E-state index contributed by atoms with van der Waals surface area (Å²) in [4.78, 5) is 55.6. The molecule has 1 saturated heterocycles. The first-order valence-electron chi connectivity index (χ1n) is 12.5. The smallest absolute Gasteiger partial charge is 0.308 e. The van der Waals surface area contributed by atoms with Gasteiger partial charge in [-0.2, -0.15) is 0 Å². The van der Waals surface area contributed by atoms with E-state index < -0.39 is 23.0 Å². The third-order valence-corrected chi connectivity index (χ3v) is 10.4. The molecular formula is C29H21BrClN3O5S2. The van der Waals surface area contributed by atoms with Crippen LogP contribution in [0, 0.1) is 5.92 Å². The Kier molecular flexibility index (Phi) is 7.54. The van der Waals surface area contributed by atoms with Crippen molar-refractivity contribution in [3.8, 4) is 5.75 Å². The van der Waals surface area contributed by atoms with E-state index in [2.05, 4.69) is 21.2 Å². The molecule has 3 amide bonds. The lowest BCUT2D eigenvalue weighted by atomic mass is 9.83. The Balaban J connectivity index is 1.40. The van der Waals surface area contributed by atoms with Crippen LogP contribution in [0.2, 0.25) is 5.02 Å². The van der Waals surface area contributed by atoms with Crippen molar-refractivity contribution < 1.29 is 19.1 Å². The third kappa shape index (κ3) is 5.12. The topological polar surface area (TPSA) is 97.7 Å². The average Bonchev–Trinajstić information content (AvgIpc) is 3.40. The van der Waals surface area contributed by atoms with Crippen molar-refractivity contribution in [2.45, 2.75) is 22.7 Å². The van der Waals surface area contributed by atoms with E-state index in [0.717, 1.165) is 21.4 Å². The number of halogens is 2. The fourth-order valence-electron chi connectivity index (χ4n) is 5.18. The fraction of sp³-hybridized carbons (Fsp3) is 0.172. The van der Waals surface area contributed by atoms with Crippen LogP contribution in [0.15, 0.2) is 87.1 Å². The van der Waals surface area contributed by atoms with E-state index in [-0.39, 0.29) is 23.2 Å². The minimum Gasteiger partial charge on any atom is -0.497 e. The standard InChI is InChI=1S/C29H21BrClN3O5S2/c1-39-20-11-9-19(10-12-20)34-26(36)23-22(15-3-2-4-16(30)13-15)25-28(40-24(23)27(34)37)33(29(38)41-25)14-21(35)32-18-7-5-17(31)6-8-18/h2-13,22-24H,14H2,1H3,(H,32,35)/t22-,23-,24+/m0/s1. The molecule has 0 aliphatic carbocycles. The van der Waals surface area contributed by atoms with Gasteiger partial charge in [-0.3, -0.25) is 23.7 Å². The molecule has 3 heterocycles. The largest absolute Gasteiger partial charge is 0.497 e. The first-order valence-corrected chi connectivity index (χ1v) is 15.3. The number of benzene rings is 3. The summed E-state index contributed by atoms with van der Waals surface area (Å²) in [7, 11) is 1.54. The summed E-state index contributed by atoms with van der Waals surface area (Å²) in [5, 5.41) is 3.07. The van der Waals surface area contributed by atoms with Crippen LogP contribution in [0.4, 0.5) is 11.4 Å². The molecule has 8 nitrogen and oxygen atoms in total. The van der Waals surface area contributed by atoms with Crippen molar-refractivity contribution >= 4 is 79.7 Å². The maximum atomic E-state index is 14.0. The minimum atomic E-state index is -0.777. The summed E-state index contributed by atoms with van der Waals surface area (Å²) < 4.78 is 7.43. The van der Waals surface area contributed by atoms with E-state index in [1.54, 1.807) is 55.6 Å². The van der Waals surface area contributed by atoms with Crippen molar-refractivity contribution in [1.82, 2.24) is 4.57 Å². The molecule has 2 aliphatic rings. The number of hydrogen-bond donors (Lipinski definition) is 1. The maximum Gasteiger partial charge on any atom is 0.308 e. The number of methoxy groups -OCH3 is 1. The zero-order valence-electron chi connectivity index (χ0n) is 21.4. The Labute approximate surface area is 256 Å². The van der Waals surface area contributed by atoms with Crippen LogP contribution in [0.3, 0.4) is 0 Å². The van der Waals surface area contributed by atoms with Crippen LogP contribution >= 0.6 is 50.6 Å². The van der Waals surface area contributed by atoms with Gasteiger partial charge in [-0.15, -0.1) is 0 Å². The lowest BCUT2D eigenvalue weighted by molar-refractivity contribution is -0.122. The highest BCUT2D eigenvalue weighted by molar-refractivity contribution is 9.10. The summed E-state index contributed by atoms with van der Waals surface area (Å²) in [6.07, 6.45) is 0. The number of carbonyl (C=O) groups excluding carboxylic acids is 3. The number of carbonyl (C=O) groups is 3. The molecule has 6 rings (SSSR count).